The van der Waals surface area contributed by atoms with Gasteiger partial charge >= 0.3 is 0 Å². The van der Waals surface area contributed by atoms with Gasteiger partial charge in [0.25, 0.3) is 0 Å². The summed E-state index contributed by atoms with van der Waals surface area (Å²) in [5.74, 6) is -0.126. The Morgan fingerprint density at radius 3 is 2.59 bits per heavy atom. The third-order valence-corrected chi connectivity index (χ3v) is 5.06. The highest BCUT2D eigenvalue weighted by Crippen LogP contribution is 2.32. The molecule has 0 saturated carbocycles. The van der Waals surface area contributed by atoms with E-state index in [-0.39, 0.29) is 5.91 Å². The Hall–Kier alpha value is -1.17. The zero-order chi connectivity index (χ0) is 17.0. The van der Waals surface area contributed by atoms with Gasteiger partial charge in [-0.05, 0) is 36.9 Å². The van der Waals surface area contributed by atoms with E-state index in [0.29, 0.717) is 19.7 Å². The number of ether oxygens (including phenoxy) is 1. The summed E-state index contributed by atoms with van der Waals surface area (Å²) in [6.45, 7) is 12.6. The van der Waals surface area contributed by atoms with E-state index in [4.69, 9.17) is 4.74 Å². The highest BCUT2D eigenvalue weighted by molar-refractivity contribution is 7.10. The number of methoxy groups -OCH3 is 1. The first-order valence-corrected chi connectivity index (χ1v) is 8.17. The molecule has 1 aromatic heterocycles. The first kappa shape index (κ1) is 18.9. The van der Waals surface area contributed by atoms with Crippen molar-refractivity contribution in [1.82, 2.24) is 4.90 Å². The second-order valence-electron chi connectivity index (χ2n) is 6.70. The first-order valence-electron chi connectivity index (χ1n) is 7.29. The topological polar surface area (TPSA) is 49.8 Å². The second-order valence-corrected chi connectivity index (χ2v) is 7.69. The number of nitrogens with zero attached hydrogens (tertiary/aromatic N) is 1. The maximum absolute atomic E-state index is 12.2. The van der Waals surface area contributed by atoms with Gasteiger partial charge in [-0.1, -0.05) is 20.4 Å². The molecule has 1 N–H and O–H groups in total. The molecule has 0 saturated heterocycles. The minimum absolute atomic E-state index is 0.126. The average molecular weight is 325 g/mol. The number of thiophene rings is 1. The largest absolute Gasteiger partial charge is 0.390 e. The molecule has 22 heavy (non-hydrogen) atoms. The van der Waals surface area contributed by atoms with Gasteiger partial charge in [0, 0.05) is 23.9 Å². The van der Waals surface area contributed by atoms with Crippen LogP contribution in [0.3, 0.4) is 0 Å². The van der Waals surface area contributed by atoms with E-state index in [1.54, 1.807) is 37.2 Å². The lowest BCUT2D eigenvalue weighted by molar-refractivity contribution is -0.131. The molecule has 0 radical (unpaired) electrons. The summed E-state index contributed by atoms with van der Waals surface area (Å²) >= 11 is 1.61. The predicted molar refractivity (Wildman–Crippen MR) is 90.7 cm³/mol. The number of hydrogen-bond acceptors (Lipinski definition) is 4. The van der Waals surface area contributed by atoms with Crippen molar-refractivity contribution in [2.24, 2.45) is 5.41 Å². The minimum atomic E-state index is -0.886. The third kappa shape index (κ3) is 4.93. The van der Waals surface area contributed by atoms with Gasteiger partial charge in [0.05, 0.1) is 18.8 Å². The van der Waals surface area contributed by atoms with E-state index in [0.717, 1.165) is 10.4 Å². The van der Waals surface area contributed by atoms with Crippen LogP contribution in [0.4, 0.5) is 0 Å². The van der Waals surface area contributed by atoms with Crippen LogP contribution in [0.1, 0.15) is 38.1 Å². The molecule has 0 aromatic carbocycles. The highest BCUT2D eigenvalue weighted by atomic mass is 32.1. The fraction of sp³-hybridized carbons (Fsp3) is 0.588. The van der Waals surface area contributed by atoms with Gasteiger partial charge in [-0.15, -0.1) is 11.3 Å². The quantitative estimate of drug-likeness (QED) is 0.747. The standard InChI is InChI=1S/C17H27NO3S/c1-7-15(19)18(12-16(2,3)17(4,5)20)9-14-8-13(10-21-6)11-22-14/h7-8,11,20H,1,9-10,12H2,2-6H3. The van der Waals surface area contributed by atoms with Crippen molar-refractivity contribution >= 4 is 17.2 Å². The number of carbonyl (C=O) groups is 1. The van der Waals surface area contributed by atoms with Crippen molar-refractivity contribution in [1.29, 1.82) is 0 Å². The van der Waals surface area contributed by atoms with Gasteiger partial charge in [-0.2, -0.15) is 0 Å². The van der Waals surface area contributed by atoms with Crippen LogP contribution in [0, 0.1) is 5.41 Å². The van der Waals surface area contributed by atoms with E-state index in [1.165, 1.54) is 6.08 Å². The zero-order valence-corrected chi connectivity index (χ0v) is 15.0. The number of aliphatic hydroxyl groups is 1. The maximum atomic E-state index is 12.2. The molecule has 0 unspecified atom stereocenters. The Labute approximate surface area is 137 Å². The van der Waals surface area contributed by atoms with Gasteiger partial charge in [0.2, 0.25) is 5.91 Å². The van der Waals surface area contributed by atoms with E-state index >= 15 is 0 Å². The van der Waals surface area contributed by atoms with Crippen molar-refractivity contribution in [3.8, 4) is 0 Å². The Morgan fingerprint density at radius 2 is 2.09 bits per heavy atom. The van der Waals surface area contributed by atoms with E-state index in [1.807, 2.05) is 19.2 Å². The van der Waals surface area contributed by atoms with Crippen molar-refractivity contribution in [2.45, 2.75) is 46.4 Å². The monoisotopic (exact) mass is 325 g/mol. The molecule has 0 fully saturated rings. The molecule has 4 nitrogen and oxygen atoms in total. The van der Waals surface area contributed by atoms with Crippen LogP contribution in [0.5, 0.6) is 0 Å². The molecular weight excluding hydrogens is 298 g/mol. The second kappa shape index (κ2) is 7.40. The number of hydrogen-bond donors (Lipinski definition) is 1. The lowest BCUT2D eigenvalue weighted by Crippen LogP contribution is -2.48. The van der Waals surface area contributed by atoms with Gasteiger partial charge in [0.1, 0.15) is 0 Å². The van der Waals surface area contributed by atoms with Crippen molar-refractivity contribution in [3.05, 3.63) is 34.5 Å². The van der Waals surface area contributed by atoms with Crippen LogP contribution >= 0.6 is 11.3 Å². The molecule has 5 heteroatoms. The third-order valence-electron chi connectivity index (χ3n) is 4.09. The number of carbonyl (C=O) groups excluding carboxylic acids is 1. The van der Waals surface area contributed by atoms with Crippen LogP contribution in [-0.4, -0.2) is 35.2 Å². The Bertz CT molecular complexity index is 514. The summed E-state index contributed by atoms with van der Waals surface area (Å²) in [5, 5.41) is 12.3. The Balaban J connectivity index is 2.89. The minimum Gasteiger partial charge on any atom is -0.390 e. The van der Waals surface area contributed by atoms with Crippen LogP contribution in [-0.2, 0) is 22.7 Å². The molecule has 0 aliphatic rings. The summed E-state index contributed by atoms with van der Waals surface area (Å²) < 4.78 is 5.12. The van der Waals surface area contributed by atoms with Crippen molar-refractivity contribution in [3.63, 3.8) is 0 Å². The van der Waals surface area contributed by atoms with Crippen LogP contribution in [0.15, 0.2) is 24.1 Å². The lowest BCUT2D eigenvalue weighted by Gasteiger charge is -2.40. The molecule has 0 atom stereocenters. The smallest absolute Gasteiger partial charge is 0.246 e. The summed E-state index contributed by atoms with van der Waals surface area (Å²) in [6.07, 6.45) is 1.32. The molecule has 124 valence electrons. The average Bonchev–Trinajstić information content (AvgIpc) is 2.83. The maximum Gasteiger partial charge on any atom is 0.246 e. The molecular formula is C17H27NO3S. The van der Waals surface area contributed by atoms with Crippen LogP contribution < -0.4 is 0 Å². The van der Waals surface area contributed by atoms with Crippen molar-refractivity contribution < 1.29 is 14.6 Å². The zero-order valence-electron chi connectivity index (χ0n) is 14.2. The Morgan fingerprint density at radius 1 is 1.45 bits per heavy atom. The number of rotatable bonds is 8. The molecule has 0 aliphatic carbocycles. The molecule has 1 rings (SSSR count). The van der Waals surface area contributed by atoms with E-state index in [9.17, 15) is 9.90 Å². The summed E-state index contributed by atoms with van der Waals surface area (Å²) in [7, 11) is 1.66. The fourth-order valence-corrected chi connectivity index (χ4v) is 2.84. The normalized spacial score (nSPS) is 12.3. The molecule has 1 heterocycles. The van der Waals surface area contributed by atoms with E-state index in [2.05, 4.69) is 12.6 Å². The molecule has 0 aliphatic heterocycles. The SMILES string of the molecule is C=CC(=O)N(Cc1cc(COC)cs1)CC(C)(C)C(C)(C)O. The van der Waals surface area contributed by atoms with Crippen molar-refractivity contribution in [2.75, 3.05) is 13.7 Å². The fourth-order valence-electron chi connectivity index (χ4n) is 1.95. The molecule has 0 spiro atoms. The van der Waals surface area contributed by atoms with Gasteiger partial charge in [-0.3, -0.25) is 4.79 Å². The van der Waals surface area contributed by atoms with Gasteiger partial charge < -0.3 is 14.7 Å². The van der Waals surface area contributed by atoms with Crippen LogP contribution in [0.2, 0.25) is 0 Å². The highest BCUT2D eigenvalue weighted by Gasteiger charge is 2.37. The Kier molecular flexibility index (Phi) is 6.35. The van der Waals surface area contributed by atoms with Gasteiger partial charge in [-0.25, -0.2) is 0 Å². The van der Waals surface area contributed by atoms with Gasteiger partial charge in [0.15, 0.2) is 0 Å². The summed E-state index contributed by atoms with van der Waals surface area (Å²) in [5.41, 5.74) is -0.211. The molecule has 1 aromatic rings. The summed E-state index contributed by atoms with van der Waals surface area (Å²) in [4.78, 5) is 15.0. The number of amides is 1. The molecule has 1 amide bonds. The predicted octanol–water partition coefficient (Wildman–Crippen LogP) is 3.21. The lowest BCUT2D eigenvalue weighted by atomic mass is 9.77. The summed E-state index contributed by atoms with van der Waals surface area (Å²) in [6, 6.07) is 2.05. The first-order chi connectivity index (χ1) is 10.1. The van der Waals surface area contributed by atoms with Crippen LogP contribution in [0.25, 0.3) is 0 Å². The molecule has 0 bridgehead atoms. The van der Waals surface area contributed by atoms with E-state index < -0.39 is 11.0 Å².